The number of aromatic nitrogens is 2. The standard InChI is InChI=1S/C23H26N4O3S/c1-17-14-22(27(25-17)19-12-13-31(29,30)16-19)24-23(28)15-26(2)21-11-7-6-10-20(21)18-8-4-3-5-9-18/h3-11,14,19H,12-13,15-16H2,1-2H3,(H,24,28). The fraction of sp³-hybridized carbons (Fsp3) is 0.304. The molecule has 1 atom stereocenters. The summed E-state index contributed by atoms with van der Waals surface area (Å²) in [5.41, 5.74) is 3.83. The Balaban J connectivity index is 1.50. The maximum absolute atomic E-state index is 12.8. The minimum absolute atomic E-state index is 0.0569. The molecule has 4 rings (SSSR count). The molecule has 0 aliphatic carbocycles. The van der Waals surface area contributed by atoms with Gasteiger partial charge in [0.05, 0.1) is 29.8 Å². The summed E-state index contributed by atoms with van der Waals surface area (Å²) in [4.78, 5) is 14.7. The number of sulfone groups is 1. The summed E-state index contributed by atoms with van der Waals surface area (Å²) >= 11 is 0. The van der Waals surface area contributed by atoms with E-state index in [4.69, 9.17) is 0 Å². The number of anilines is 2. The van der Waals surface area contributed by atoms with Crippen LogP contribution in [-0.2, 0) is 14.6 Å². The van der Waals surface area contributed by atoms with Crippen LogP contribution in [0.15, 0.2) is 60.7 Å². The normalized spacial score (nSPS) is 17.4. The van der Waals surface area contributed by atoms with Gasteiger partial charge in [0.2, 0.25) is 5.91 Å². The predicted molar refractivity (Wildman–Crippen MR) is 123 cm³/mol. The van der Waals surface area contributed by atoms with Gasteiger partial charge in [-0.2, -0.15) is 5.10 Å². The average Bonchev–Trinajstić information content (AvgIpc) is 3.29. The van der Waals surface area contributed by atoms with Gasteiger partial charge in [-0.15, -0.1) is 0 Å². The van der Waals surface area contributed by atoms with Gasteiger partial charge >= 0.3 is 0 Å². The summed E-state index contributed by atoms with van der Waals surface area (Å²) in [7, 11) is -1.17. The number of carbonyl (C=O) groups is 1. The van der Waals surface area contributed by atoms with Crippen LogP contribution in [0, 0.1) is 6.92 Å². The maximum atomic E-state index is 12.8. The molecule has 0 radical (unpaired) electrons. The van der Waals surface area contributed by atoms with Crippen LogP contribution in [-0.4, -0.2) is 49.2 Å². The van der Waals surface area contributed by atoms with Gasteiger partial charge in [-0.05, 0) is 25.0 Å². The SMILES string of the molecule is Cc1cc(NC(=O)CN(C)c2ccccc2-c2ccccc2)n(C2CCS(=O)(=O)C2)n1. The highest BCUT2D eigenvalue weighted by atomic mass is 32.2. The summed E-state index contributed by atoms with van der Waals surface area (Å²) in [5, 5.41) is 7.35. The molecule has 8 heteroatoms. The Morgan fingerprint density at radius 3 is 2.58 bits per heavy atom. The number of aryl methyl sites for hydroxylation is 1. The number of amides is 1. The highest BCUT2D eigenvalue weighted by Crippen LogP contribution is 2.30. The zero-order chi connectivity index (χ0) is 22.0. The van der Waals surface area contributed by atoms with Crippen LogP contribution in [0.4, 0.5) is 11.5 Å². The lowest BCUT2D eigenvalue weighted by molar-refractivity contribution is -0.115. The van der Waals surface area contributed by atoms with Crippen LogP contribution in [0.25, 0.3) is 11.1 Å². The van der Waals surface area contributed by atoms with Crippen molar-refractivity contribution < 1.29 is 13.2 Å². The Kier molecular flexibility index (Phi) is 5.82. The molecule has 0 spiro atoms. The van der Waals surface area contributed by atoms with E-state index in [0.29, 0.717) is 12.2 Å². The largest absolute Gasteiger partial charge is 0.365 e. The van der Waals surface area contributed by atoms with E-state index in [2.05, 4.69) is 10.4 Å². The first kappa shape index (κ1) is 21.1. The number of benzene rings is 2. The summed E-state index contributed by atoms with van der Waals surface area (Å²) in [5.74, 6) is 0.561. The maximum Gasteiger partial charge on any atom is 0.245 e. The molecular formula is C23H26N4O3S. The van der Waals surface area contributed by atoms with Crippen molar-refractivity contribution in [3.05, 3.63) is 66.4 Å². The van der Waals surface area contributed by atoms with Crippen LogP contribution < -0.4 is 10.2 Å². The number of hydrogen-bond donors (Lipinski definition) is 1. The van der Waals surface area contributed by atoms with Crippen LogP contribution in [0.1, 0.15) is 18.2 Å². The van der Waals surface area contributed by atoms with Gasteiger partial charge < -0.3 is 10.2 Å². The van der Waals surface area contributed by atoms with Crippen molar-refractivity contribution >= 4 is 27.2 Å². The van der Waals surface area contributed by atoms with Crippen LogP contribution in [0.2, 0.25) is 0 Å². The summed E-state index contributed by atoms with van der Waals surface area (Å²) < 4.78 is 25.4. The van der Waals surface area contributed by atoms with Crippen molar-refractivity contribution in [2.24, 2.45) is 0 Å². The Labute approximate surface area is 182 Å². The van der Waals surface area contributed by atoms with Crippen molar-refractivity contribution in [1.82, 2.24) is 9.78 Å². The number of carbonyl (C=O) groups excluding carboxylic acids is 1. The van der Waals surface area contributed by atoms with Crippen molar-refractivity contribution in [3.8, 4) is 11.1 Å². The van der Waals surface area contributed by atoms with E-state index < -0.39 is 9.84 Å². The Morgan fingerprint density at radius 1 is 1.16 bits per heavy atom. The number of nitrogens with one attached hydrogen (secondary N) is 1. The number of para-hydroxylation sites is 1. The Hall–Kier alpha value is -3.13. The second-order valence-electron chi connectivity index (χ2n) is 7.96. The third kappa shape index (κ3) is 4.80. The number of nitrogens with zero attached hydrogens (tertiary/aromatic N) is 3. The molecular weight excluding hydrogens is 412 g/mol. The van der Waals surface area contributed by atoms with E-state index in [-0.39, 0.29) is 30.0 Å². The monoisotopic (exact) mass is 438 g/mol. The third-order valence-electron chi connectivity index (χ3n) is 5.46. The average molecular weight is 439 g/mol. The van der Waals surface area contributed by atoms with Crippen molar-refractivity contribution in [3.63, 3.8) is 0 Å². The molecule has 2 aromatic carbocycles. The molecule has 0 bridgehead atoms. The molecule has 162 valence electrons. The van der Waals surface area contributed by atoms with Crippen molar-refractivity contribution in [2.75, 3.05) is 35.3 Å². The van der Waals surface area contributed by atoms with E-state index in [1.807, 2.05) is 73.5 Å². The van der Waals surface area contributed by atoms with Gasteiger partial charge in [-0.25, -0.2) is 13.1 Å². The van der Waals surface area contributed by atoms with Crippen molar-refractivity contribution in [1.29, 1.82) is 0 Å². The zero-order valence-corrected chi connectivity index (χ0v) is 18.5. The van der Waals surface area contributed by atoms with Gasteiger partial charge in [0.15, 0.2) is 9.84 Å². The molecule has 1 saturated heterocycles. The summed E-state index contributed by atoms with van der Waals surface area (Å²) in [6, 6.07) is 19.6. The van der Waals surface area contributed by atoms with Crippen LogP contribution in [0.5, 0.6) is 0 Å². The lowest BCUT2D eigenvalue weighted by Crippen LogP contribution is -2.31. The molecule has 1 N–H and O–H groups in total. The molecule has 3 aromatic rings. The minimum Gasteiger partial charge on any atom is -0.365 e. The number of hydrogen-bond acceptors (Lipinski definition) is 5. The molecule has 7 nitrogen and oxygen atoms in total. The first-order chi connectivity index (χ1) is 14.8. The molecule has 0 saturated carbocycles. The molecule has 1 aromatic heterocycles. The molecule has 31 heavy (non-hydrogen) atoms. The third-order valence-corrected chi connectivity index (χ3v) is 7.21. The van der Waals surface area contributed by atoms with E-state index in [0.717, 1.165) is 22.5 Å². The fourth-order valence-electron chi connectivity index (χ4n) is 4.01. The molecule has 1 aliphatic rings. The molecule has 1 aliphatic heterocycles. The van der Waals surface area contributed by atoms with Gasteiger partial charge in [0, 0.05) is 24.4 Å². The first-order valence-electron chi connectivity index (χ1n) is 10.2. The van der Waals surface area contributed by atoms with E-state index in [1.54, 1.807) is 10.7 Å². The molecule has 2 heterocycles. The lowest BCUT2D eigenvalue weighted by atomic mass is 10.0. The van der Waals surface area contributed by atoms with Gasteiger partial charge in [0.25, 0.3) is 0 Å². The fourth-order valence-corrected chi connectivity index (χ4v) is 5.70. The quantitative estimate of drug-likeness (QED) is 0.638. The lowest BCUT2D eigenvalue weighted by Gasteiger charge is -2.22. The first-order valence-corrected chi connectivity index (χ1v) is 12.1. The zero-order valence-electron chi connectivity index (χ0n) is 17.7. The van der Waals surface area contributed by atoms with Gasteiger partial charge in [-0.1, -0.05) is 48.5 Å². The second-order valence-corrected chi connectivity index (χ2v) is 10.2. The predicted octanol–water partition coefficient (Wildman–Crippen LogP) is 3.29. The highest BCUT2D eigenvalue weighted by Gasteiger charge is 2.31. The topological polar surface area (TPSA) is 84.3 Å². The second kappa shape index (κ2) is 8.55. The van der Waals surface area contributed by atoms with E-state index in [9.17, 15) is 13.2 Å². The number of rotatable bonds is 6. The van der Waals surface area contributed by atoms with E-state index >= 15 is 0 Å². The van der Waals surface area contributed by atoms with Crippen molar-refractivity contribution in [2.45, 2.75) is 19.4 Å². The van der Waals surface area contributed by atoms with Crippen LogP contribution in [0.3, 0.4) is 0 Å². The Bertz CT molecular complexity index is 1190. The number of likely N-dealkylation sites (N-methyl/N-ethyl adjacent to an activating group) is 1. The molecule has 1 unspecified atom stereocenters. The minimum atomic E-state index is -3.05. The highest BCUT2D eigenvalue weighted by molar-refractivity contribution is 7.91. The molecule has 1 fully saturated rings. The molecule has 1 amide bonds. The van der Waals surface area contributed by atoms with E-state index in [1.165, 1.54) is 0 Å². The Morgan fingerprint density at radius 2 is 1.87 bits per heavy atom. The van der Waals surface area contributed by atoms with Gasteiger partial charge in [0.1, 0.15) is 5.82 Å². The summed E-state index contributed by atoms with van der Waals surface area (Å²) in [6.45, 7) is 1.98. The van der Waals surface area contributed by atoms with Gasteiger partial charge in [-0.3, -0.25) is 4.79 Å². The summed E-state index contributed by atoms with van der Waals surface area (Å²) in [6.07, 6.45) is 0.511. The smallest absolute Gasteiger partial charge is 0.245 e. The van der Waals surface area contributed by atoms with Crippen LogP contribution >= 0.6 is 0 Å².